The Hall–Kier alpha value is -0.350. The van der Waals surface area contributed by atoms with Crippen molar-refractivity contribution in [2.45, 2.75) is 26.7 Å². The van der Waals surface area contributed by atoms with Gasteiger partial charge < -0.3 is 10.6 Å². The Morgan fingerprint density at radius 2 is 2.00 bits per heavy atom. The Labute approximate surface area is 177 Å². The fourth-order valence-electron chi connectivity index (χ4n) is 2.25. The minimum Gasteiger partial charge on any atom is -0.357 e. The highest BCUT2D eigenvalue weighted by Crippen LogP contribution is 2.17. The van der Waals surface area contributed by atoms with E-state index in [9.17, 15) is 8.42 Å². The molecule has 0 aromatic heterocycles. The number of nitrogens with zero attached hydrogens (tertiary/aromatic N) is 1. The molecule has 0 aliphatic carbocycles. The van der Waals surface area contributed by atoms with Crippen LogP contribution in [0.25, 0.3) is 0 Å². The molecule has 1 rings (SSSR count). The third-order valence-corrected chi connectivity index (χ3v) is 5.05. The highest BCUT2D eigenvalue weighted by atomic mass is 127. The largest absolute Gasteiger partial charge is 0.357 e. The van der Waals surface area contributed by atoms with Gasteiger partial charge in [0.2, 0.25) is 0 Å². The maximum atomic E-state index is 11.2. The van der Waals surface area contributed by atoms with Gasteiger partial charge in [-0.15, -0.1) is 24.0 Å². The molecule has 0 radical (unpaired) electrons. The number of aliphatic imine (C=N–C) groups is 1. The monoisotopic (exact) mass is 545 g/mol. The van der Waals surface area contributed by atoms with Crippen LogP contribution < -0.4 is 10.6 Å². The van der Waals surface area contributed by atoms with Crippen molar-refractivity contribution in [2.75, 3.05) is 31.6 Å². The summed E-state index contributed by atoms with van der Waals surface area (Å²) in [7, 11) is -2.97. The molecule has 0 bridgehead atoms. The SMILES string of the molecule is CCNC(=NCC(CC)Cc1cccc(Br)c1)NCCS(C)(=O)=O.I. The van der Waals surface area contributed by atoms with Crippen molar-refractivity contribution < 1.29 is 8.42 Å². The molecule has 0 heterocycles. The van der Waals surface area contributed by atoms with Crippen LogP contribution in [-0.4, -0.2) is 46.0 Å². The number of nitrogens with one attached hydrogen (secondary N) is 2. The first-order valence-electron chi connectivity index (χ1n) is 8.28. The van der Waals surface area contributed by atoms with Crippen molar-refractivity contribution in [3.05, 3.63) is 34.3 Å². The van der Waals surface area contributed by atoms with Crippen LogP contribution >= 0.6 is 39.9 Å². The van der Waals surface area contributed by atoms with Crippen LogP contribution in [0.5, 0.6) is 0 Å². The number of halogens is 2. The smallest absolute Gasteiger partial charge is 0.191 e. The zero-order chi connectivity index (χ0) is 18.0. The van der Waals surface area contributed by atoms with Gasteiger partial charge in [-0.2, -0.15) is 0 Å². The van der Waals surface area contributed by atoms with Crippen LogP contribution in [0.3, 0.4) is 0 Å². The van der Waals surface area contributed by atoms with Gasteiger partial charge in [0, 0.05) is 30.4 Å². The minimum absolute atomic E-state index is 0. The predicted molar refractivity (Wildman–Crippen MR) is 121 cm³/mol. The van der Waals surface area contributed by atoms with Crippen molar-refractivity contribution >= 4 is 55.7 Å². The lowest BCUT2D eigenvalue weighted by Gasteiger charge is -2.15. The van der Waals surface area contributed by atoms with Gasteiger partial charge >= 0.3 is 0 Å². The predicted octanol–water partition coefficient (Wildman–Crippen LogP) is 3.24. The van der Waals surface area contributed by atoms with Crippen molar-refractivity contribution in [2.24, 2.45) is 10.9 Å². The van der Waals surface area contributed by atoms with Crippen LogP contribution in [0, 0.1) is 5.92 Å². The lowest BCUT2D eigenvalue weighted by Crippen LogP contribution is -2.39. The molecule has 25 heavy (non-hydrogen) atoms. The summed E-state index contributed by atoms with van der Waals surface area (Å²) in [5.74, 6) is 1.23. The molecule has 0 spiro atoms. The molecule has 0 aliphatic rings. The average Bonchev–Trinajstić information content (AvgIpc) is 2.50. The van der Waals surface area contributed by atoms with Gasteiger partial charge in [-0.3, -0.25) is 4.99 Å². The van der Waals surface area contributed by atoms with E-state index in [0.29, 0.717) is 25.0 Å². The van der Waals surface area contributed by atoms with E-state index in [1.807, 2.05) is 19.1 Å². The van der Waals surface area contributed by atoms with Crippen LogP contribution in [0.2, 0.25) is 0 Å². The maximum Gasteiger partial charge on any atom is 0.191 e. The summed E-state index contributed by atoms with van der Waals surface area (Å²) in [5, 5.41) is 6.24. The second kappa shape index (κ2) is 12.9. The van der Waals surface area contributed by atoms with E-state index in [-0.39, 0.29) is 29.7 Å². The topological polar surface area (TPSA) is 70.6 Å². The molecule has 5 nitrogen and oxygen atoms in total. The first-order valence-corrected chi connectivity index (χ1v) is 11.1. The van der Waals surface area contributed by atoms with Crippen LogP contribution in [0.15, 0.2) is 33.7 Å². The van der Waals surface area contributed by atoms with Gasteiger partial charge in [0.15, 0.2) is 5.96 Å². The van der Waals surface area contributed by atoms with E-state index in [2.05, 4.69) is 50.6 Å². The number of sulfone groups is 1. The molecule has 0 fully saturated rings. The zero-order valence-corrected chi connectivity index (χ0v) is 19.8. The number of hydrogen-bond donors (Lipinski definition) is 2. The third-order valence-electron chi connectivity index (χ3n) is 3.61. The summed E-state index contributed by atoms with van der Waals surface area (Å²) < 4.78 is 23.5. The van der Waals surface area contributed by atoms with Crippen molar-refractivity contribution in [1.82, 2.24) is 10.6 Å². The summed E-state index contributed by atoms with van der Waals surface area (Å²) >= 11 is 3.50. The summed E-state index contributed by atoms with van der Waals surface area (Å²) in [6.07, 6.45) is 3.25. The molecular weight excluding hydrogens is 517 g/mol. The molecule has 8 heteroatoms. The van der Waals surface area contributed by atoms with Crippen molar-refractivity contribution in [3.8, 4) is 0 Å². The molecule has 144 valence electrons. The van der Waals surface area contributed by atoms with E-state index < -0.39 is 9.84 Å². The standard InChI is InChI=1S/C17H28BrN3O2S.HI/c1-4-14(11-15-7-6-8-16(18)12-15)13-21-17(19-5-2)20-9-10-24(3,22)23;/h6-8,12,14H,4-5,9-11,13H2,1-3H3,(H2,19,20,21);1H. The second-order valence-electron chi connectivity index (χ2n) is 5.88. The van der Waals surface area contributed by atoms with Gasteiger partial charge in [-0.25, -0.2) is 8.42 Å². The Balaban J connectivity index is 0.00000576. The van der Waals surface area contributed by atoms with Gasteiger partial charge in [0.25, 0.3) is 0 Å². The fraction of sp³-hybridized carbons (Fsp3) is 0.588. The Morgan fingerprint density at radius 1 is 1.28 bits per heavy atom. The van der Waals surface area contributed by atoms with Crippen molar-refractivity contribution in [1.29, 1.82) is 0 Å². The third kappa shape index (κ3) is 11.8. The molecule has 0 amide bonds. The summed E-state index contributed by atoms with van der Waals surface area (Å²) in [4.78, 5) is 4.61. The fourth-order valence-corrected chi connectivity index (χ4v) is 3.17. The first-order chi connectivity index (χ1) is 11.3. The first kappa shape index (κ1) is 24.7. The van der Waals surface area contributed by atoms with Crippen LogP contribution in [0.1, 0.15) is 25.8 Å². The molecule has 0 saturated heterocycles. The summed E-state index contributed by atoms with van der Waals surface area (Å²) in [6, 6.07) is 8.35. The quantitative estimate of drug-likeness (QED) is 0.284. The highest BCUT2D eigenvalue weighted by molar-refractivity contribution is 14.0. The number of hydrogen-bond acceptors (Lipinski definition) is 3. The lowest BCUT2D eigenvalue weighted by atomic mass is 9.97. The Kier molecular flexibility index (Phi) is 12.7. The average molecular weight is 546 g/mol. The van der Waals surface area contributed by atoms with Gasteiger partial charge in [-0.05, 0) is 37.0 Å². The lowest BCUT2D eigenvalue weighted by molar-refractivity contribution is 0.517. The highest BCUT2D eigenvalue weighted by Gasteiger charge is 2.09. The number of rotatable bonds is 9. The molecule has 1 atom stereocenters. The summed E-state index contributed by atoms with van der Waals surface area (Å²) in [6.45, 7) is 5.98. The van der Waals surface area contributed by atoms with Gasteiger partial charge in [0.1, 0.15) is 9.84 Å². The van der Waals surface area contributed by atoms with Crippen LogP contribution in [0.4, 0.5) is 0 Å². The second-order valence-corrected chi connectivity index (χ2v) is 9.06. The maximum absolute atomic E-state index is 11.2. The molecule has 0 saturated carbocycles. The summed E-state index contributed by atoms with van der Waals surface area (Å²) in [5.41, 5.74) is 1.29. The molecule has 1 unspecified atom stereocenters. The number of guanidine groups is 1. The molecule has 2 N–H and O–H groups in total. The van der Waals surface area contributed by atoms with E-state index in [1.165, 1.54) is 11.8 Å². The normalized spacial score (nSPS) is 13.0. The molecule has 1 aromatic rings. The molecule has 1 aromatic carbocycles. The molecule has 0 aliphatic heterocycles. The van der Waals surface area contributed by atoms with E-state index in [4.69, 9.17) is 0 Å². The zero-order valence-electron chi connectivity index (χ0n) is 15.1. The molecular formula is C17H29BrIN3O2S. The van der Waals surface area contributed by atoms with E-state index >= 15 is 0 Å². The van der Waals surface area contributed by atoms with E-state index in [1.54, 1.807) is 0 Å². The van der Waals surface area contributed by atoms with Gasteiger partial charge in [-0.1, -0.05) is 41.4 Å². The number of benzene rings is 1. The van der Waals surface area contributed by atoms with E-state index in [0.717, 1.165) is 23.9 Å². The Bertz CT molecular complexity index is 639. The Morgan fingerprint density at radius 3 is 2.56 bits per heavy atom. The van der Waals surface area contributed by atoms with Crippen molar-refractivity contribution in [3.63, 3.8) is 0 Å². The van der Waals surface area contributed by atoms with Gasteiger partial charge in [0.05, 0.1) is 5.75 Å². The minimum atomic E-state index is -2.97. The van der Waals surface area contributed by atoms with Crippen LogP contribution in [-0.2, 0) is 16.3 Å².